The zero-order chi connectivity index (χ0) is 13.4. The average Bonchev–Trinajstić information content (AvgIpc) is 2.30. The van der Waals surface area contributed by atoms with Gasteiger partial charge in [-0.25, -0.2) is 0 Å². The fraction of sp³-hybridized carbons (Fsp3) is 0.471. The van der Waals surface area contributed by atoms with E-state index in [1.807, 2.05) is 0 Å². The van der Waals surface area contributed by atoms with Gasteiger partial charge in [0.2, 0.25) is 0 Å². The van der Waals surface area contributed by atoms with Crippen LogP contribution in [0.4, 0.5) is 0 Å². The summed E-state index contributed by atoms with van der Waals surface area (Å²) in [6, 6.07) is 6.45. The quantitative estimate of drug-likeness (QED) is 0.508. The molecule has 0 spiro atoms. The van der Waals surface area contributed by atoms with Gasteiger partial charge in [0.1, 0.15) is 5.78 Å². The number of carbonyl (C=O) groups is 1. The van der Waals surface area contributed by atoms with Crippen molar-refractivity contribution in [1.29, 1.82) is 0 Å². The van der Waals surface area contributed by atoms with Crippen LogP contribution in [0.1, 0.15) is 49.3 Å². The molecule has 1 nitrogen and oxygen atoms in total. The van der Waals surface area contributed by atoms with E-state index >= 15 is 0 Å². The van der Waals surface area contributed by atoms with Crippen LogP contribution in [-0.2, 0) is 11.2 Å². The second-order valence-corrected chi connectivity index (χ2v) is 4.99. The molecular weight excluding hydrogens is 220 g/mol. The van der Waals surface area contributed by atoms with Crippen molar-refractivity contribution in [3.05, 3.63) is 47.0 Å². The second-order valence-electron chi connectivity index (χ2n) is 4.99. The molecule has 1 aromatic rings. The van der Waals surface area contributed by atoms with Crippen LogP contribution in [-0.4, -0.2) is 5.78 Å². The van der Waals surface area contributed by atoms with Gasteiger partial charge in [0.25, 0.3) is 0 Å². The highest BCUT2D eigenvalue weighted by Gasteiger charge is 1.98. The number of aryl methyl sites for hydroxylation is 2. The van der Waals surface area contributed by atoms with Crippen LogP contribution < -0.4 is 0 Å². The van der Waals surface area contributed by atoms with E-state index in [-0.39, 0.29) is 0 Å². The maximum atomic E-state index is 10.8. The molecule has 0 heterocycles. The van der Waals surface area contributed by atoms with Crippen molar-refractivity contribution in [2.75, 3.05) is 0 Å². The molecule has 0 fully saturated rings. The maximum Gasteiger partial charge on any atom is 0.129 e. The van der Waals surface area contributed by atoms with Gasteiger partial charge in [-0.2, -0.15) is 0 Å². The van der Waals surface area contributed by atoms with E-state index in [9.17, 15) is 4.79 Å². The predicted molar refractivity (Wildman–Crippen MR) is 77.9 cm³/mol. The number of carbonyl (C=O) groups excluding carboxylic acids is 1. The van der Waals surface area contributed by atoms with Gasteiger partial charge in [0.15, 0.2) is 0 Å². The Morgan fingerprint density at radius 3 is 2.39 bits per heavy atom. The predicted octanol–water partition coefficient (Wildman–Crippen LogP) is 4.55. The Morgan fingerprint density at radius 1 is 1.11 bits per heavy atom. The Morgan fingerprint density at radius 2 is 1.78 bits per heavy atom. The fourth-order valence-electron chi connectivity index (χ4n) is 2.13. The highest BCUT2D eigenvalue weighted by molar-refractivity contribution is 5.75. The number of unbranched alkanes of at least 4 members (excludes halogenated alkanes) is 2. The average molecular weight is 244 g/mol. The Bertz CT molecular complexity index is 395. The van der Waals surface area contributed by atoms with Gasteiger partial charge in [-0.15, -0.1) is 0 Å². The minimum atomic E-state index is 0.300. The third-order valence-electron chi connectivity index (χ3n) is 3.28. The van der Waals surface area contributed by atoms with E-state index in [1.165, 1.54) is 16.7 Å². The first-order valence-corrected chi connectivity index (χ1v) is 6.81. The van der Waals surface area contributed by atoms with Crippen LogP contribution in [0.5, 0.6) is 0 Å². The zero-order valence-electron chi connectivity index (χ0n) is 11.8. The summed E-state index contributed by atoms with van der Waals surface area (Å²) in [6.45, 7) is 6.00. The number of allylic oxidation sites excluding steroid dienone is 2. The molecule has 0 unspecified atom stereocenters. The lowest BCUT2D eigenvalue weighted by atomic mass is 10.00. The van der Waals surface area contributed by atoms with E-state index in [2.05, 4.69) is 44.2 Å². The smallest absolute Gasteiger partial charge is 0.129 e. The molecule has 1 aromatic carbocycles. The first-order chi connectivity index (χ1) is 8.61. The molecule has 1 heteroatoms. The molecule has 18 heavy (non-hydrogen) atoms. The highest BCUT2D eigenvalue weighted by atomic mass is 16.1. The molecule has 0 aliphatic rings. The number of benzene rings is 1. The first-order valence-electron chi connectivity index (χ1n) is 6.81. The maximum absolute atomic E-state index is 10.8. The lowest BCUT2D eigenvalue weighted by Gasteiger charge is -2.06. The van der Waals surface area contributed by atoms with Gasteiger partial charge in [-0.1, -0.05) is 30.4 Å². The van der Waals surface area contributed by atoms with Crippen molar-refractivity contribution in [2.45, 2.75) is 52.9 Å². The van der Waals surface area contributed by atoms with Crippen LogP contribution in [0.25, 0.3) is 0 Å². The largest absolute Gasteiger partial charge is 0.300 e. The summed E-state index contributed by atoms with van der Waals surface area (Å²) >= 11 is 0. The van der Waals surface area contributed by atoms with Crippen molar-refractivity contribution in [3.8, 4) is 0 Å². The SMILES string of the molecule is CC(=O)CCCC/C=C\Cc1c(C)cccc1C. The summed E-state index contributed by atoms with van der Waals surface area (Å²) in [4.78, 5) is 10.8. The third-order valence-corrected chi connectivity index (χ3v) is 3.28. The van der Waals surface area contributed by atoms with Crippen molar-refractivity contribution in [1.82, 2.24) is 0 Å². The minimum absolute atomic E-state index is 0.300. The lowest BCUT2D eigenvalue weighted by molar-refractivity contribution is -0.117. The molecule has 0 radical (unpaired) electrons. The number of ketones is 1. The first kappa shape index (κ1) is 14.7. The topological polar surface area (TPSA) is 17.1 Å². The summed E-state index contributed by atoms with van der Waals surface area (Å²) in [7, 11) is 0. The van der Waals surface area contributed by atoms with E-state index in [0.717, 1.165) is 32.1 Å². The standard InChI is InChI=1S/C17H24O/c1-14-10-9-11-15(2)17(14)13-8-6-4-5-7-12-16(3)18/h6,8-11H,4-5,7,12-13H2,1-3H3/b8-6-. The van der Waals surface area contributed by atoms with Crippen LogP contribution in [0.3, 0.4) is 0 Å². The Kier molecular flexibility index (Phi) is 6.42. The van der Waals surface area contributed by atoms with Crippen LogP contribution in [0, 0.1) is 13.8 Å². The van der Waals surface area contributed by atoms with Gasteiger partial charge >= 0.3 is 0 Å². The van der Waals surface area contributed by atoms with Crippen LogP contribution in [0.2, 0.25) is 0 Å². The van der Waals surface area contributed by atoms with Gasteiger partial charge in [-0.05, 0) is 63.1 Å². The number of hydrogen-bond donors (Lipinski definition) is 0. The minimum Gasteiger partial charge on any atom is -0.300 e. The summed E-state index contributed by atoms with van der Waals surface area (Å²) in [5.74, 6) is 0.300. The van der Waals surface area contributed by atoms with Gasteiger partial charge in [-0.3, -0.25) is 0 Å². The monoisotopic (exact) mass is 244 g/mol. The summed E-state index contributed by atoms with van der Waals surface area (Å²) < 4.78 is 0. The van der Waals surface area contributed by atoms with Crippen LogP contribution in [0.15, 0.2) is 30.4 Å². The van der Waals surface area contributed by atoms with E-state index in [0.29, 0.717) is 5.78 Å². The summed E-state index contributed by atoms with van der Waals surface area (Å²) in [5, 5.41) is 0. The number of hydrogen-bond acceptors (Lipinski definition) is 1. The molecule has 1 rings (SSSR count). The second kappa shape index (κ2) is 7.86. The van der Waals surface area contributed by atoms with Crippen molar-refractivity contribution in [3.63, 3.8) is 0 Å². The molecular formula is C17H24O. The van der Waals surface area contributed by atoms with Crippen molar-refractivity contribution < 1.29 is 4.79 Å². The van der Waals surface area contributed by atoms with E-state index in [1.54, 1.807) is 6.92 Å². The molecule has 98 valence electrons. The summed E-state index contributed by atoms with van der Waals surface area (Å²) in [5.41, 5.74) is 4.19. The number of Topliss-reactive ketones (excluding diaryl/α,β-unsaturated/α-hetero) is 1. The molecule has 0 saturated heterocycles. The van der Waals surface area contributed by atoms with Gasteiger partial charge in [0, 0.05) is 6.42 Å². The Labute approximate surface area is 111 Å². The van der Waals surface area contributed by atoms with Crippen LogP contribution >= 0.6 is 0 Å². The molecule has 0 saturated carbocycles. The number of rotatable bonds is 7. The zero-order valence-corrected chi connectivity index (χ0v) is 11.8. The van der Waals surface area contributed by atoms with Gasteiger partial charge in [0.05, 0.1) is 0 Å². The summed E-state index contributed by atoms with van der Waals surface area (Å²) in [6.07, 6.45) is 9.45. The van der Waals surface area contributed by atoms with Crippen molar-refractivity contribution in [2.24, 2.45) is 0 Å². The molecule has 0 aliphatic heterocycles. The Hall–Kier alpha value is -1.37. The molecule has 0 bridgehead atoms. The third kappa shape index (κ3) is 5.31. The lowest BCUT2D eigenvalue weighted by Crippen LogP contribution is -1.91. The molecule has 0 N–H and O–H groups in total. The molecule has 0 aromatic heterocycles. The van der Waals surface area contributed by atoms with Gasteiger partial charge < -0.3 is 4.79 Å². The fourth-order valence-corrected chi connectivity index (χ4v) is 2.13. The van der Waals surface area contributed by atoms with Crippen molar-refractivity contribution >= 4 is 5.78 Å². The van der Waals surface area contributed by atoms with E-state index < -0.39 is 0 Å². The van der Waals surface area contributed by atoms with E-state index in [4.69, 9.17) is 0 Å². The molecule has 0 atom stereocenters. The Balaban J connectivity index is 2.30. The molecule has 0 amide bonds. The highest BCUT2D eigenvalue weighted by Crippen LogP contribution is 2.14. The molecule has 0 aliphatic carbocycles. The normalized spacial score (nSPS) is 11.1.